The monoisotopic (exact) mass is 516 g/mol. The molecule has 3 aliphatic rings. The molecule has 1 saturated heterocycles. The molecule has 1 fully saturated rings. The Labute approximate surface area is 222 Å². The van der Waals surface area contributed by atoms with E-state index in [1.807, 2.05) is 0 Å². The van der Waals surface area contributed by atoms with Gasteiger partial charge < -0.3 is 24.3 Å². The molecular weight excluding hydrogens is 476 g/mol. The van der Waals surface area contributed by atoms with Crippen LogP contribution < -0.4 is 24.3 Å². The van der Waals surface area contributed by atoms with Gasteiger partial charge >= 0.3 is 0 Å². The van der Waals surface area contributed by atoms with Crippen LogP contribution in [-0.4, -0.2) is 53.0 Å². The van der Waals surface area contributed by atoms with Gasteiger partial charge in [-0.1, -0.05) is 13.3 Å². The quantitative estimate of drug-likeness (QED) is 0.534. The molecule has 0 spiro atoms. The van der Waals surface area contributed by atoms with Gasteiger partial charge in [0, 0.05) is 25.2 Å². The second-order valence-corrected chi connectivity index (χ2v) is 10.2. The van der Waals surface area contributed by atoms with Crippen LogP contribution in [0.3, 0.4) is 0 Å². The zero-order valence-corrected chi connectivity index (χ0v) is 23.1. The molecule has 0 amide bonds. The number of nitrogens with zero attached hydrogens (tertiary/aromatic N) is 1. The Bertz CT molecular complexity index is 1060. The number of halogens is 1. The van der Waals surface area contributed by atoms with Gasteiger partial charge in [-0.2, -0.15) is 0 Å². The third-order valence-electron chi connectivity index (χ3n) is 8.64. The number of rotatable bonds is 7. The van der Waals surface area contributed by atoms with Crippen molar-refractivity contribution in [3.8, 4) is 23.0 Å². The highest BCUT2D eigenvalue weighted by molar-refractivity contribution is 5.85. The molecule has 3 heterocycles. The number of piperidine rings is 1. The third kappa shape index (κ3) is 4.88. The Morgan fingerprint density at radius 1 is 0.806 bits per heavy atom. The number of ether oxygens (including phenoxy) is 4. The van der Waals surface area contributed by atoms with E-state index in [9.17, 15) is 0 Å². The second kappa shape index (κ2) is 11.5. The van der Waals surface area contributed by atoms with E-state index in [-0.39, 0.29) is 12.4 Å². The van der Waals surface area contributed by atoms with Gasteiger partial charge in [0.2, 0.25) is 0 Å². The number of hydrogen-bond donors (Lipinski definition) is 1. The largest absolute Gasteiger partial charge is 0.493 e. The molecule has 0 radical (unpaired) electrons. The zero-order valence-electron chi connectivity index (χ0n) is 22.3. The minimum absolute atomic E-state index is 0. The lowest BCUT2D eigenvalue weighted by Crippen LogP contribution is -2.46. The highest BCUT2D eigenvalue weighted by Crippen LogP contribution is 2.48. The van der Waals surface area contributed by atoms with Gasteiger partial charge in [-0.3, -0.25) is 4.90 Å². The molecular formula is C29H41ClN2O4. The minimum Gasteiger partial charge on any atom is -0.493 e. The predicted molar refractivity (Wildman–Crippen MR) is 145 cm³/mol. The molecule has 0 aliphatic carbocycles. The summed E-state index contributed by atoms with van der Waals surface area (Å²) in [5, 5.41) is 3.83. The van der Waals surface area contributed by atoms with Gasteiger partial charge in [-0.05, 0) is 90.6 Å². The maximum absolute atomic E-state index is 5.68. The number of nitrogens with one attached hydrogen (secondary N) is 1. The Hall–Kier alpha value is -2.15. The second-order valence-electron chi connectivity index (χ2n) is 10.2. The van der Waals surface area contributed by atoms with E-state index in [1.54, 1.807) is 28.4 Å². The van der Waals surface area contributed by atoms with Crippen molar-refractivity contribution in [2.75, 3.05) is 48.1 Å². The molecule has 4 atom stereocenters. The fourth-order valence-corrected chi connectivity index (χ4v) is 6.74. The highest BCUT2D eigenvalue weighted by Gasteiger charge is 2.40. The van der Waals surface area contributed by atoms with Crippen LogP contribution in [0.4, 0.5) is 0 Å². The Morgan fingerprint density at radius 3 is 2.00 bits per heavy atom. The van der Waals surface area contributed by atoms with Gasteiger partial charge in [0.15, 0.2) is 23.0 Å². The number of fused-ring (bicyclic) bond motifs is 4. The van der Waals surface area contributed by atoms with Gasteiger partial charge in [0.05, 0.1) is 28.4 Å². The van der Waals surface area contributed by atoms with E-state index >= 15 is 0 Å². The first-order chi connectivity index (χ1) is 17.1. The summed E-state index contributed by atoms with van der Waals surface area (Å²) in [6, 6.07) is 9.61. The summed E-state index contributed by atoms with van der Waals surface area (Å²) in [5.41, 5.74) is 5.60. The third-order valence-corrected chi connectivity index (χ3v) is 8.64. The van der Waals surface area contributed by atoms with Crippen molar-refractivity contribution in [2.24, 2.45) is 11.8 Å². The molecule has 3 aliphatic heterocycles. The van der Waals surface area contributed by atoms with Crippen LogP contribution in [0.5, 0.6) is 23.0 Å². The first-order valence-electron chi connectivity index (χ1n) is 13.1. The molecule has 2 unspecified atom stereocenters. The van der Waals surface area contributed by atoms with Crippen molar-refractivity contribution in [3.05, 3.63) is 46.5 Å². The van der Waals surface area contributed by atoms with Crippen molar-refractivity contribution in [1.29, 1.82) is 0 Å². The first-order valence-corrected chi connectivity index (χ1v) is 13.1. The SMILES string of the molecule is CC[C@H]1CN2CCc3cc(OC)c(OC)cc3C2C[C@@H]1CC1NCCc2cc(OC)c(OC)cc21.Cl. The van der Waals surface area contributed by atoms with Gasteiger partial charge in [0.1, 0.15) is 0 Å². The average Bonchev–Trinajstić information content (AvgIpc) is 2.91. The van der Waals surface area contributed by atoms with Crippen LogP contribution in [-0.2, 0) is 12.8 Å². The van der Waals surface area contributed by atoms with Crippen LogP contribution >= 0.6 is 12.4 Å². The van der Waals surface area contributed by atoms with Crippen molar-refractivity contribution in [2.45, 2.75) is 51.1 Å². The fourth-order valence-electron chi connectivity index (χ4n) is 6.74. The summed E-state index contributed by atoms with van der Waals surface area (Å²) in [4.78, 5) is 2.72. The normalized spacial score (nSPS) is 25.0. The lowest BCUT2D eigenvalue weighted by Gasteiger charge is -2.48. The molecule has 2 aromatic carbocycles. The highest BCUT2D eigenvalue weighted by atomic mass is 35.5. The smallest absolute Gasteiger partial charge is 0.161 e. The van der Waals surface area contributed by atoms with Crippen LogP contribution in [0.15, 0.2) is 24.3 Å². The van der Waals surface area contributed by atoms with E-state index < -0.39 is 0 Å². The zero-order chi connectivity index (χ0) is 24.5. The average molecular weight is 517 g/mol. The topological polar surface area (TPSA) is 52.2 Å². The Balaban J connectivity index is 0.00000304. The molecule has 2 aromatic rings. The molecule has 198 valence electrons. The van der Waals surface area contributed by atoms with Gasteiger partial charge in [0.25, 0.3) is 0 Å². The van der Waals surface area contributed by atoms with Crippen LogP contribution in [0.25, 0.3) is 0 Å². The van der Waals surface area contributed by atoms with Gasteiger partial charge in [-0.15, -0.1) is 12.4 Å². The summed E-state index contributed by atoms with van der Waals surface area (Å²) in [5.74, 6) is 4.69. The van der Waals surface area contributed by atoms with E-state index in [2.05, 4.69) is 41.4 Å². The van der Waals surface area contributed by atoms with Crippen molar-refractivity contribution < 1.29 is 18.9 Å². The summed E-state index contributed by atoms with van der Waals surface area (Å²) < 4.78 is 22.5. The first kappa shape index (κ1) is 26.9. The molecule has 7 heteroatoms. The standard InChI is InChI=1S/C29H40N2O4.ClH/c1-6-18-17-31-10-8-20-14-27(33-3)29(35-5)16-23(20)25(31)12-21(18)11-24-22-15-28(34-4)26(32-2)13-19(22)7-9-30-24;/h13-16,18,21,24-25,30H,6-12,17H2,1-5H3;1H/t18-,21-,24?,25?;/m0./s1. The van der Waals surface area contributed by atoms with Crippen LogP contribution in [0.2, 0.25) is 0 Å². The Kier molecular flexibility index (Phi) is 8.59. The number of benzene rings is 2. The van der Waals surface area contributed by atoms with E-state index in [0.717, 1.165) is 55.4 Å². The molecule has 0 bridgehead atoms. The summed E-state index contributed by atoms with van der Waals surface area (Å²) in [6.45, 7) is 5.66. The molecule has 36 heavy (non-hydrogen) atoms. The van der Waals surface area contributed by atoms with E-state index in [0.29, 0.717) is 23.9 Å². The van der Waals surface area contributed by atoms with E-state index in [4.69, 9.17) is 18.9 Å². The molecule has 1 N–H and O–H groups in total. The molecule has 0 saturated carbocycles. The summed E-state index contributed by atoms with van der Waals surface area (Å²) in [6.07, 6.45) is 5.65. The lowest BCUT2D eigenvalue weighted by molar-refractivity contribution is 0.0434. The summed E-state index contributed by atoms with van der Waals surface area (Å²) >= 11 is 0. The molecule has 0 aromatic heterocycles. The fraction of sp³-hybridized carbons (Fsp3) is 0.586. The van der Waals surface area contributed by atoms with Crippen molar-refractivity contribution in [3.63, 3.8) is 0 Å². The van der Waals surface area contributed by atoms with Crippen LogP contribution in [0, 0.1) is 11.8 Å². The van der Waals surface area contributed by atoms with E-state index in [1.165, 1.54) is 41.6 Å². The molecule has 6 nitrogen and oxygen atoms in total. The van der Waals surface area contributed by atoms with Gasteiger partial charge in [-0.25, -0.2) is 0 Å². The lowest BCUT2D eigenvalue weighted by atomic mass is 9.72. The number of hydrogen-bond acceptors (Lipinski definition) is 6. The van der Waals surface area contributed by atoms with Crippen molar-refractivity contribution >= 4 is 12.4 Å². The maximum atomic E-state index is 5.68. The van der Waals surface area contributed by atoms with Crippen molar-refractivity contribution in [1.82, 2.24) is 10.2 Å². The predicted octanol–water partition coefficient (Wildman–Crippen LogP) is 5.37. The summed E-state index contributed by atoms with van der Waals surface area (Å²) in [7, 11) is 6.90. The Morgan fingerprint density at radius 2 is 1.39 bits per heavy atom. The van der Waals surface area contributed by atoms with Crippen LogP contribution in [0.1, 0.15) is 60.5 Å². The molecule has 5 rings (SSSR count). The maximum Gasteiger partial charge on any atom is 0.161 e. The minimum atomic E-state index is 0. The number of methoxy groups -OCH3 is 4.